The maximum Gasteiger partial charge on any atom is 0.411 e. The van der Waals surface area contributed by atoms with E-state index in [9.17, 15) is 14.9 Å². The number of nitrogens with zero attached hydrogens (tertiary/aromatic N) is 2. The zero-order valence-electron chi connectivity index (χ0n) is 23.5. The van der Waals surface area contributed by atoms with Crippen LogP contribution in [0.25, 0.3) is 0 Å². The third-order valence-corrected chi connectivity index (χ3v) is 7.91. The molecule has 40 heavy (non-hydrogen) atoms. The largest absolute Gasteiger partial charge is 0.445 e. The van der Waals surface area contributed by atoms with Crippen LogP contribution in [0, 0.1) is 24.0 Å². The quantitative estimate of drug-likeness (QED) is 0.153. The van der Waals surface area contributed by atoms with Crippen molar-refractivity contribution in [1.29, 1.82) is 0 Å². The second kappa shape index (κ2) is 12.5. The second-order valence-corrected chi connectivity index (χ2v) is 10.9. The van der Waals surface area contributed by atoms with Crippen molar-refractivity contribution in [3.63, 3.8) is 0 Å². The third kappa shape index (κ3) is 6.26. The number of rotatable bonds is 10. The topological polar surface area (TPSA) is 81.9 Å². The summed E-state index contributed by atoms with van der Waals surface area (Å²) >= 11 is 0. The first-order valence-corrected chi connectivity index (χ1v) is 13.7. The fourth-order valence-electron chi connectivity index (χ4n) is 5.68. The summed E-state index contributed by atoms with van der Waals surface area (Å²) in [6.45, 7) is 9.97. The lowest BCUT2D eigenvalue weighted by atomic mass is 9.74. The van der Waals surface area contributed by atoms with Crippen LogP contribution in [0.15, 0.2) is 91.5 Å². The molecule has 1 amide bonds. The van der Waals surface area contributed by atoms with Gasteiger partial charge in [0, 0.05) is 17.8 Å². The molecule has 7 heteroatoms. The number of carbonyl (C=O) groups is 1. The summed E-state index contributed by atoms with van der Waals surface area (Å²) in [4.78, 5) is 27.6. The lowest BCUT2D eigenvalue weighted by Crippen LogP contribution is -2.64. The molecule has 1 aliphatic rings. The van der Waals surface area contributed by atoms with Gasteiger partial charge < -0.3 is 9.47 Å². The van der Waals surface area contributed by atoms with E-state index in [0.29, 0.717) is 6.42 Å². The molecule has 1 aliphatic heterocycles. The number of benzene rings is 3. The van der Waals surface area contributed by atoms with E-state index in [4.69, 9.17) is 9.47 Å². The van der Waals surface area contributed by atoms with Gasteiger partial charge in [-0.05, 0) is 43.9 Å². The Labute approximate surface area is 236 Å². The minimum absolute atomic E-state index is 0.0633. The smallest absolute Gasteiger partial charge is 0.411 e. The Bertz CT molecular complexity index is 1310. The van der Waals surface area contributed by atoms with Crippen LogP contribution in [-0.2, 0) is 21.6 Å². The van der Waals surface area contributed by atoms with Gasteiger partial charge in [0.05, 0.1) is 24.8 Å². The molecule has 3 atom stereocenters. The van der Waals surface area contributed by atoms with E-state index in [1.54, 1.807) is 6.08 Å². The monoisotopic (exact) mass is 542 g/mol. The molecule has 0 radical (unpaired) electrons. The Morgan fingerprint density at radius 2 is 1.68 bits per heavy atom. The molecule has 0 aromatic heterocycles. The van der Waals surface area contributed by atoms with Gasteiger partial charge in [0.25, 0.3) is 0 Å². The summed E-state index contributed by atoms with van der Waals surface area (Å²) in [5, 5.41) is 12.4. The second-order valence-electron chi connectivity index (χ2n) is 10.9. The number of aryl methyl sites for hydroxylation is 2. The molecule has 210 valence electrons. The molecular formula is C33H38N2O5. The van der Waals surface area contributed by atoms with Crippen LogP contribution in [0.2, 0.25) is 0 Å². The van der Waals surface area contributed by atoms with Gasteiger partial charge >= 0.3 is 6.09 Å². The molecule has 1 fully saturated rings. The highest BCUT2D eigenvalue weighted by molar-refractivity contribution is 5.70. The number of ether oxygens (including phenoxy) is 2. The van der Waals surface area contributed by atoms with E-state index in [1.165, 1.54) is 4.90 Å². The van der Waals surface area contributed by atoms with E-state index in [0.717, 1.165) is 27.8 Å². The van der Waals surface area contributed by atoms with Crippen molar-refractivity contribution in [2.24, 2.45) is 0 Å². The van der Waals surface area contributed by atoms with Crippen molar-refractivity contribution < 1.29 is 19.2 Å². The highest BCUT2D eigenvalue weighted by Gasteiger charge is 2.57. The Hall–Kier alpha value is -3.97. The van der Waals surface area contributed by atoms with Crippen molar-refractivity contribution >= 4 is 6.09 Å². The number of likely N-dealkylation sites (tertiary alicyclic amines) is 1. The number of hydrogen-bond donors (Lipinski definition) is 0. The Balaban J connectivity index is 1.72. The third-order valence-electron chi connectivity index (χ3n) is 7.91. The van der Waals surface area contributed by atoms with Crippen LogP contribution in [0.5, 0.6) is 0 Å². The standard InChI is InChI=1S/C33H38N2O5/c1-5-16-32(35(37)38)17-18-33(30-14-10-7-11-15-30,24-40-27(4)29-20-25(2)19-26(3)21-29)34(23-32)31(36)39-22-28-12-8-6-9-13-28/h5-15,19-21,27H,1,16-18,22-24H2,2-4H3/t27-,32+,33-/m1/s1. The van der Waals surface area contributed by atoms with E-state index < -0.39 is 17.2 Å². The molecule has 0 N–H and O–H groups in total. The van der Waals surface area contributed by atoms with Crippen LogP contribution < -0.4 is 0 Å². The number of carbonyl (C=O) groups excluding carboxylic acids is 1. The summed E-state index contributed by atoms with van der Waals surface area (Å²) in [7, 11) is 0. The molecule has 4 rings (SSSR count). The van der Waals surface area contributed by atoms with Gasteiger partial charge in [-0.1, -0.05) is 96.1 Å². The van der Waals surface area contributed by atoms with Gasteiger partial charge in [0.2, 0.25) is 5.54 Å². The first-order valence-electron chi connectivity index (χ1n) is 13.7. The van der Waals surface area contributed by atoms with Crippen molar-refractivity contribution in [3.05, 3.63) is 129 Å². The van der Waals surface area contributed by atoms with Gasteiger partial charge in [-0.15, -0.1) is 6.58 Å². The molecule has 0 aliphatic carbocycles. The summed E-state index contributed by atoms with van der Waals surface area (Å²) in [6, 6.07) is 25.4. The maximum atomic E-state index is 13.9. The van der Waals surface area contributed by atoms with E-state index >= 15 is 0 Å². The molecular weight excluding hydrogens is 504 g/mol. The SMILES string of the molecule is C=CC[C@]1([N+](=O)[O-])CC[C@@](CO[C@H](C)c2cc(C)cc(C)c2)(c2ccccc2)N(C(=O)OCc2ccccc2)C1. The first kappa shape index (κ1) is 29.0. The molecule has 0 saturated carbocycles. The summed E-state index contributed by atoms with van der Waals surface area (Å²) in [5.41, 5.74) is 2.72. The van der Waals surface area contributed by atoms with Crippen molar-refractivity contribution in [1.82, 2.24) is 4.90 Å². The highest BCUT2D eigenvalue weighted by Crippen LogP contribution is 2.45. The van der Waals surface area contributed by atoms with Crippen LogP contribution >= 0.6 is 0 Å². The summed E-state index contributed by atoms with van der Waals surface area (Å²) < 4.78 is 12.3. The minimum Gasteiger partial charge on any atom is -0.445 e. The van der Waals surface area contributed by atoms with Gasteiger partial charge in [0.1, 0.15) is 6.61 Å². The van der Waals surface area contributed by atoms with E-state index in [1.807, 2.05) is 67.6 Å². The zero-order chi connectivity index (χ0) is 28.8. The maximum absolute atomic E-state index is 13.9. The minimum atomic E-state index is -1.36. The van der Waals surface area contributed by atoms with Crippen molar-refractivity contribution in [2.45, 2.75) is 63.8 Å². The summed E-state index contributed by atoms with van der Waals surface area (Å²) in [5.74, 6) is 0. The van der Waals surface area contributed by atoms with Crippen molar-refractivity contribution in [2.75, 3.05) is 13.2 Å². The zero-order valence-corrected chi connectivity index (χ0v) is 23.5. The molecule has 3 aromatic carbocycles. The fourth-order valence-corrected chi connectivity index (χ4v) is 5.68. The molecule has 3 aromatic rings. The predicted molar refractivity (Wildman–Crippen MR) is 156 cm³/mol. The average molecular weight is 543 g/mol. The number of nitro groups is 1. The first-order chi connectivity index (χ1) is 19.2. The van der Waals surface area contributed by atoms with Crippen LogP contribution in [0.1, 0.15) is 60.1 Å². The average Bonchev–Trinajstić information content (AvgIpc) is 2.95. The van der Waals surface area contributed by atoms with Crippen LogP contribution in [-0.4, -0.2) is 34.6 Å². The van der Waals surface area contributed by atoms with Crippen LogP contribution in [0.4, 0.5) is 4.79 Å². The van der Waals surface area contributed by atoms with Crippen LogP contribution in [0.3, 0.4) is 0 Å². The van der Waals surface area contributed by atoms with Gasteiger partial charge in [-0.3, -0.25) is 15.0 Å². The molecule has 0 bridgehead atoms. The highest BCUT2D eigenvalue weighted by atomic mass is 16.6. The molecule has 1 saturated heterocycles. The number of amides is 1. The Morgan fingerprint density at radius 3 is 2.27 bits per heavy atom. The Kier molecular flexibility index (Phi) is 9.05. The molecule has 0 spiro atoms. The number of hydrogen-bond acceptors (Lipinski definition) is 5. The lowest BCUT2D eigenvalue weighted by molar-refractivity contribution is -0.575. The normalized spacial score (nSPS) is 21.4. The molecule has 1 heterocycles. The lowest BCUT2D eigenvalue weighted by Gasteiger charge is -2.50. The fraction of sp³-hybridized carbons (Fsp3) is 0.364. The number of piperidine rings is 1. The molecule has 7 nitrogen and oxygen atoms in total. The predicted octanol–water partition coefficient (Wildman–Crippen LogP) is 7.30. The van der Waals surface area contributed by atoms with E-state index in [-0.39, 0.29) is 43.6 Å². The molecule has 0 unspecified atom stereocenters. The van der Waals surface area contributed by atoms with Crippen molar-refractivity contribution in [3.8, 4) is 0 Å². The van der Waals surface area contributed by atoms with Gasteiger partial charge in [-0.25, -0.2) is 4.79 Å². The van der Waals surface area contributed by atoms with E-state index in [2.05, 4.69) is 38.6 Å². The summed E-state index contributed by atoms with van der Waals surface area (Å²) in [6.07, 6.45) is 1.45. The Morgan fingerprint density at radius 1 is 1.05 bits per heavy atom. The van der Waals surface area contributed by atoms with Gasteiger partial charge in [-0.2, -0.15) is 0 Å². The van der Waals surface area contributed by atoms with Gasteiger partial charge in [0.15, 0.2) is 0 Å².